The van der Waals surface area contributed by atoms with Gasteiger partial charge in [-0.15, -0.1) is 0 Å². The maximum Gasteiger partial charge on any atom is 0.335 e. The number of halogens is 6. The van der Waals surface area contributed by atoms with Gasteiger partial charge in [0.2, 0.25) is 0 Å². The molecule has 0 aliphatic heterocycles. The molecule has 2 rings (SSSR count). The summed E-state index contributed by atoms with van der Waals surface area (Å²) in [6.07, 6.45) is 3.14. The Morgan fingerprint density at radius 3 is 1.31 bits per heavy atom. The third kappa shape index (κ3) is 29.3. The number of hydrogen-bond acceptors (Lipinski definition) is 10. The van der Waals surface area contributed by atoms with Crippen LogP contribution in [0.2, 0.25) is 104 Å². The lowest BCUT2D eigenvalue weighted by Crippen LogP contribution is -2.51. The van der Waals surface area contributed by atoms with Gasteiger partial charge in [0.25, 0.3) is 0 Å². The van der Waals surface area contributed by atoms with Crippen LogP contribution in [0.3, 0.4) is 0 Å². The Morgan fingerprint density at radius 1 is 0.610 bits per heavy atom. The average molecular weight is 1310 g/mol. The van der Waals surface area contributed by atoms with Gasteiger partial charge < -0.3 is 37.0 Å². The fourth-order valence-electron chi connectivity index (χ4n) is 5.81. The summed E-state index contributed by atoms with van der Waals surface area (Å²) in [4.78, 5) is 23.0. The van der Waals surface area contributed by atoms with Gasteiger partial charge in [-0.3, -0.25) is 4.79 Å². The summed E-state index contributed by atoms with van der Waals surface area (Å²) in [6.45, 7) is 35.9. The van der Waals surface area contributed by atoms with Crippen molar-refractivity contribution in [1.82, 2.24) is 5.32 Å². The summed E-state index contributed by atoms with van der Waals surface area (Å²) in [5.74, 6) is 0.161. The lowest BCUT2D eigenvalue weighted by atomic mass is 10.3. The van der Waals surface area contributed by atoms with Crippen LogP contribution in [0.25, 0.3) is 0 Å². The van der Waals surface area contributed by atoms with Crippen molar-refractivity contribution in [2.45, 2.75) is 117 Å². The van der Waals surface area contributed by atoms with Gasteiger partial charge in [0.05, 0.1) is 6.54 Å². The maximum absolute atomic E-state index is 12.1. The molecule has 59 heavy (non-hydrogen) atoms. The molecule has 0 bridgehead atoms. The standard InChI is InChI=1S/C18H32Br3NO4Si3.C10H29NO2Si3.C9H5Br3O2/c1-27(2,3)25-29(6,7)26-28(4,5)10-8-9-22-13-17(23)24-14-11-15(19)18(21)16(20)12-14;1-14(2,3)12-16(6,7)13-15(4,5)10-8-9-11;1-2-8(13)14-5-3-6(10)9(12)7(11)4-5/h11-12,22H,8-10,13H2,1-7H3;8-11H2,1-7H3;2-4H,1H2. The number of nitrogens with two attached hydrogens (primary N) is 1. The van der Waals surface area contributed by atoms with Gasteiger partial charge in [0.15, 0.2) is 33.3 Å². The summed E-state index contributed by atoms with van der Waals surface area (Å²) >= 11 is 20.2. The monoisotopic (exact) mass is 1310 g/mol. The quantitative estimate of drug-likeness (QED) is 0.0330. The van der Waals surface area contributed by atoms with Crippen molar-refractivity contribution >= 4 is 158 Å². The van der Waals surface area contributed by atoms with E-state index < -0.39 is 56.4 Å². The average Bonchev–Trinajstić information content (AvgIpc) is 3.02. The molecule has 3 N–H and O–H groups in total. The molecular weight excluding hydrogens is 1250 g/mol. The molecule has 0 saturated carbocycles. The van der Waals surface area contributed by atoms with E-state index in [1.165, 1.54) is 0 Å². The molecule has 0 unspecified atom stereocenters. The number of hydrogen-bond donors (Lipinski definition) is 2. The van der Waals surface area contributed by atoms with Crippen molar-refractivity contribution in [3.05, 3.63) is 63.8 Å². The van der Waals surface area contributed by atoms with E-state index in [4.69, 9.17) is 31.7 Å². The molecule has 338 valence electrons. The number of ether oxygens (including phenoxy) is 2. The third-order valence-corrected chi connectivity index (χ3v) is 33.7. The zero-order valence-electron chi connectivity index (χ0n) is 37.2. The molecule has 0 aromatic heterocycles. The molecule has 0 aliphatic rings. The highest BCUT2D eigenvalue weighted by Crippen LogP contribution is 2.36. The van der Waals surface area contributed by atoms with Crippen LogP contribution < -0.4 is 20.5 Å². The number of nitrogens with one attached hydrogen (secondary N) is 1. The van der Waals surface area contributed by atoms with Gasteiger partial charge in [0, 0.05) is 32.9 Å². The zero-order valence-corrected chi connectivity index (χ0v) is 52.7. The van der Waals surface area contributed by atoms with E-state index in [1.54, 1.807) is 24.3 Å². The molecule has 0 saturated heterocycles. The summed E-state index contributed by atoms with van der Waals surface area (Å²) in [5, 5.41) is 3.17. The minimum atomic E-state index is -2.10. The zero-order chi connectivity index (χ0) is 46.2. The molecule has 0 amide bonds. The number of benzene rings is 2. The molecular formula is C37H66Br6N2O8Si6. The fourth-order valence-corrected chi connectivity index (χ4v) is 35.0. The number of carbonyl (C=O) groups is 2. The molecule has 2 aromatic rings. The molecule has 2 aromatic carbocycles. The van der Waals surface area contributed by atoms with E-state index in [1.807, 2.05) is 0 Å². The third-order valence-electron chi connectivity index (χ3n) is 7.06. The SMILES string of the molecule is C=CC(=O)Oc1cc(Br)c(Br)c(Br)c1.C[Si](C)(C)O[Si](C)(C)O[Si](C)(C)CCCN.C[Si](C)(C)O[Si](C)(C)O[Si](C)(C)CCCNCC(=O)Oc1cc(Br)c(Br)c(Br)c1. The normalized spacial score (nSPS) is 12.5. The van der Waals surface area contributed by atoms with Gasteiger partial charge >= 0.3 is 29.1 Å². The topological polar surface area (TPSA) is 128 Å². The molecule has 0 aliphatic carbocycles. The molecule has 0 radical (unpaired) electrons. The summed E-state index contributed by atoms with van der Waals surface area (Å²) < 4.78 is 40.7. The van der Waals surface area contributed by atoms with Gasteiger partial charge in [-0.2, -0.15) is 0 Å². The first-order valence-electron chi connectivity index (χ1n) is 19.2. The van der Waals surface area contributed by atoms with Crippen LogP contribution in [-0.4, -0.2) is 82.0 Å². The highest BCUT2D eigenvalue weighted by Gasteiger charge is 2.38. The van der Waals surface area contributed by atoms with Gasteiger partial charge in [-0.05, 0) is 250 Å². The van der Waals surface area contributed by atoms with Crippen molar-refractivity contribution in [3.63, 3.8) is 0 Å². The van der Waals surface area contributed by atoms with Gasteiger partial charge in [0.1, 0.15) is 11.5 Å². The second kappa shape index (κ2) is 26.9. The van der Waals surface area contributed by atoms with Crippen molar-refractivity contribution in [2.24, 2.45) is 5.73 Å². The predicted octanol–water partition coefficient (Wildman–Crippen LogP) is 13.8. The van der Waals surface area contributed by atoms with Crippen molar-refractivity contribution in [3.8, 4) is 11.5 Å². The van der Waals surface area contributed by atoms with Crippen LogP contribution in [0, 0.1) is 0 Å². The Kier molecular flexibility index (Phi) is 27.4. The van der Waals surface area contributed by atoms with Crippen LogP contribution in [0.4, 0.5) is 0 Å². The Bertz CT molecular complexity index is 1630. The van der Waals surface area contributed by atoms with Gasteiger partial charge in [-0.25, -0.2) is 4.79 Å². The fraction of sp³-hybridized carbons (Fsp3) is 0.568. The van der Waals surface area contributed by atoms with Crippen LogP contribution in [-0.2, 0) is 26.0 Å². The van der Waals surface area contributed by atoms with Gasteiger partial charge in [-0.1, -0.05) is 6.58 Å². The minimum absolute atomic E-state index is 0.174. The Balaban J connectivity index is 0.000000943. The Labute approximate surface area is 411 Å². The first kappa shape index (κ1) is 60.1. The molecule has 0 spiro atoms. The summed E-state index contributed by atoms with van der Waals surface area (Å²) in [7, 11) is -10.5. The molecule has 0 heterocycles. The van der Waals surface area contributed by atoms with E-state index in [-0.39, 0.29) is 12.5 Å². The maximum atomic E-state index is 12.1. The first-order chi connectivity index (χ1) is 26.6. The van der Waals surface area contributed by atoms with E-state index in [9.17, 15) is 9.59 Å². The highest BCUT2D eigenvalue weighted by atomic mass is 79.9. The second-order valence-corrected chi connectivity index (χ2v) is 48.0. The largest absolute Gasteiger partial charge is 0.437 e. The smallest absolute Gasteiger partial charge is 0.335 e. The molecule has 10 nitrogen and oxygen atoms in total. The van der Waals surface area contributed by atoms with Crippen LogP contribution in [0.15, 0.2) is 63.8 Å². The Morgan fingerprint density at radius 2 is 0.966 bits per heavy atom. The molecule has 0 atom stereocenters. The van der Waals surface area contributed by atoms with Crippen LogP contribution >= 0.6 is 95.6 Å². The lowest BCUT2D eigenvalue weighted by molar-refractivity contribution is -0.133. The van der Waals surface area contributed by atoms with E-state index in [0.717, 1.165) is 70.9 Å². The van der Waals surface area contributed by atoms with Crippen molar-refractivity contribution in [1.29, 1.82) is 0 Å². The first-order valence-corrected chi connectivity index (χ1v) is 42.6. The summed E-state index contributed by atoms with van der Waals surface area (Å²) in [6, 6.07) is 9.05. The van der Waals surface area contributed by atoms with Crippen LogP contribution in [0.1, 0.15) is 12.8 Å². The Hall–Kier alpha value is 1.06. The van der Waals surface area contributed by atoms with Crippen molar-refractivity contribution < 1.29 is 35.5 Å². The number of rotatable bonds is 20. The number of esters is 2. The molecule has 22 heteroatoms. The second-order valence-electron chi connectivity index (χ2n) is 17.6. The van der Waals surface area contributed by atoms with Crippen molar-refractivity contribution in [2.75, 3.05) is 19.6 Å². The predicted molar refractivity (Wildman–Crippen MR) is 282 cm³/mol. The highest BCUT2D eigenvalue weighted by molar-refractivity contribution is 9.15. The minimum Gasteiger partial charge on any atom is -0.437 e. The van der Waals surface area contributed by atoms with E-state index in [2.05, 4.69) is 199 Å². The molecule has 0 fully saturated rings. The lowest BCUT2D eigenvalue weighted by Gasteiger charge is -2.37. The van der Waals surface area contributed by atoms with E-state index >= 15 is 0 Å². The summed E-state index contributed by atoms with van der Waals surface area (Å²) in [5.41, 5.74) is 5.55. The van der Waals surface area contributed by atoms with Crippen LogP contribution in [0.5, 0.6) is 11.5 Å². The van der Waals surface area contributed by atoms with E-state index in [0.29, 0.717) is 11.5 Å². The number of carbonyl (C=O) groups excluding carboxylic acids is 2.